The molecule has 1 atom stereocenters. The van der Waals surface area contributed by atoms with E-state index in [1.54, 1.807) is 10.6 Å². The molecule has 0 spiro atoms. The van der Waals surface area contributed by atoms with Gasteiger partial charge in [0, 0.05) is 39.0 Å². The summed E-state index contributed by atoms with van der Waals surface area (Å²) in [5, 5.41) is 10.4. The van der Waals surface area contributed by atoms with Gasteiger partial charge in [-0.05, 0) is 56.4 Å². The number of aromatic amines is 1. The molecule has 3 heterocycles. The van der Waals surface area contributed by atoms with Crippen LogP contribution in [0.25, 0.3) is 11.0 Å². The summed E-state index contributed by atoms with van der Waals surface area (Å²) in [7, 11) is -1.18. The minimum Gasteiger partial charge on any atom is -0.396 e. The number of aromatic nitrogens is 3. The third-order valence-electron chi connectivity index (χ3n) is 6.61. The number of anilines is 1. The Morgan fingerprint density at radius 3 is 2.76 bits per heavy atom. The number of aliphatic hydroxyl groups excluding tert-OH is 1. The van der Waals surface area contributed by atoms with Crippen molar-refractivity contribution < 1.29 is 13.5 Å². The van der Waals surface area contributed by atoms with Crippen molar-refractivity contribution >= 4 is 26.9 Å². The highest BCUT2D eigenvalue weighted by Gasteiger charge is 2.33. The van der Waals surface area contributed by atoms with Crippen LogP contribution in [0.15, 0.2) is 18.6 Å². The summed E-state index contributed by atoms with van der Waals surface area (Å²) in [4.78, 5) is 14.1. The molecule has 0 bridgehead atoms. The average molecular weight is 422 g/mol. The van der Waals surface area contributed by atoms with Gasteiger partial charge in [0.05, 0.1) is 11.1 Å². The second-order valence-electron chi connectivity index (χ2n) is 8.55. The molecule has 4 rings (SSSR count). The minimum absolute atomic E-state index is 0.0704. The van der Waals surface area contributed by atoms with E-state index in [1.165, 1.54) is 0 Å². The fourth-order valence-electron chi connectivity index (χ4n) is 4.84. The Hall–Kier alpha value is -1.71. The van der Waals surface area contributed by atoms with Crippen LogP contribution in [0.1, 0.15) is 38.5 Å². The predicted octanol–water partition coefficient (Wildman–Crippen LogP) is 1.99. The highest BCUT2D eigenvalue weighted by atomic mass is 32.2. The van der Waals surface area contributed by atoms with Gasteiger partial charge in [-0.2, -0.15) is 0 Å². The lowest BCUT2D eigenvalue weighted by molar-refractivity contribution is 0.165. The van der Waals surface area contributed by atoms with Crippen molar-refractivity contribution in [3.63, 3.8) is 0 Å². The molecule has 160 valence electrons. The number of aliphatic hydroxyl groups is 1. The van der Waals surface area contributed by atoms with Crippen LogP contribution < -0.4 is 4.90 Å². The Morgan fingerprint density at radius 2 is 2.00 bits per heavy atom. The Bertz CT molecular complexity index is 923. The van der Waals surface area contributed by atoms with Crippen LogP contribution >= 0.6 is 0 Å². The first-order valence-corrected chi connectivity index (χ1v) is 12.2. The number of piperidine rings is 1. The summed E-state index contributed by atoms with van der Waals surface area (Å²) in [6.45, 7) is 1.13. The van der Waals surface area contributed by atoms with Gasteiger partial charge in [0.15, 0.2) is 0 Å². The van der Waals surface area contributed by atoms with Gasteiger partial charge >= 0.3 is 0 Å². The van der Waals surface area contributed by atoms with E-state index >= 15 is 0 Å². The first-order valence-electron chi connectivity index (χ1n) is 10.6. The zero-order valence-corrected chi connectivity index (χ0v) is 17.8. The lowest BCUT2D eigenvalue weighted by Gasteiger charge is -2.37. The molecule has 1 saturated heterocycles. The fraction of sp³-hybridized carbons (Fsp3) is 0.700. The van der Waals surface area contributed by atoms with Crippen LogP contribution in [0.3, 0.4) is 0 Å². The van der Waals surface area contributed by atoms with E-state index in [0.29, 0.717) is 19.1 Å². The first-order chi connectivity index (χ1) is 14.0. The third-order valence-corrected chi connectivity index (χ3v) is 8.62. The predicted molar refractivity (Wildman–Crippen MR) is 113 cm³/mol. The van der Waals surface area contributed by atoms with E-state index in [2.05, 4.69) is 26.9 Å². The SMILES string of the molecule is CN(c1ncnc2[nH]ccc12)[C@H]1CC[C@H](CS(=O)(=O)N2CCCC(CO)C2)CC1. The molecule has 0 amide bonds. The van der Waals surface area contributed by atoms with Crippen molar-refractivity contribution in [1.82, 2.24) is 19.3 Å². The van der Waals surface area contributed by atoms with Crippen molar-refractivity contribution in [2.24, 2.45) is 11.8 Å². The molecule has 2 N–H and O–H groups in total. The number of nitrogens with zero attached hydrogens (tertiary/aromatic N) is 4. The van der Waals surface area contributed by atoms with Gasteiger partial charge in [-0.15, -0.1) is 0 Å². The van der Waals surface area contributed by atoms with Gasteiger partial charge in [-0.25, -0.2) is 22.7 Å². The van der Waals surface area contributed by atoms with Crippen LogP contribution in [-0.2, 0) is 10.0 Å². The Labute approximate surface area is 172 Å². The lowest BCUT2D eigenvalue weighted by atomic mass is 9.86. The lowest BCUT2D eigenvalue weighted by Crippen LogP contribution is -2.44. The quantitative estimate of drug-likeness (QED) is 0.739. The Kier molecular flexibility index (Phi) is 6.08. The van der Waals surface area contributed by atoms with Gasteiger partial charge in [-0.3, -0.25) is 0 Å². The molecular weight excluding hydrogens is 390 g/mol. The van der Waals surface area contributed by atoms with Crippen LogP contribution in [0.2, 0.25) is 0 Å². The van der Waals surface area contributed by atoms with E-state index in [0.717, 1.165) is 55.4 Å². The number of H-pyrrole nitrogens is 1. The van der Waals surface area contributed by atoms with E-state index in [-0.39, 0.29) is 24.2 Å². The maximum absolute atomic E-state index is 12.9. The fourth-order valence-corrected chi connectivity index (χ4v) is 6.83. The first kappa shape index (κ1) is 20.6. The summed E-state index contributed by atoms with van der Waals surface area (Å²) >= 11 is 0. The molecule has 1 aliphatic heterocycles. The smallest absolute Gasteiger partial charge is 0.214 e. The molecule has 2 aliphatic rings. The summed E-state index contributed by atoms with van der Waals surface area (Å²) in [6.07, 6.45) is 8.96. The second-order valence-corrected chi connectivity index (χ2v) is 10.6. The number of hydrogen-bond donors (Lipinski definition) is 2. The topological polar surface area (TPSA) is 102 Å². The molecule has 2 fully saturated rings. The maximum Gasteiger partial charge on any atom is 0.214 e. The Balaban J connectivity index is 1.35. The standard InChI is InChI=1S/C20H31N5O3S/c1-24(20-18-8-9-21-19(18)22-14-23-20)17-6-4-15(5-7-17)13-29(27,28)25-10-2-3-16(11-25)12-26/h8-9,14-17,26H,2-7,10-13H2,1H3,(H,21,22,23)/t15-,16?,17-. The average Bonchev–Trinajstić information content (AvgIpc) is 3.22. The number of sulfonamides is 1. The van der Waals surface area contributed by atoms with Crippen molar-refractivity contribution in [2.75, 3.05) is 37.4 Å². The molecule has 29 heavy (non-hydrogen) atoms. The van der Waals surface area contributed by atoms with E-state index in [9.17, 15) is 13.5 Å². The van der Waals surface area contributed by atoms with Crippen LogP contribution in [-0.4, -0.2) is 71.3 Å². The van der Waals surface area contributed by atoms with Crippen LogP contribution in [0, 0.1) is 11.8 Å². The third kappa shape index (κ3) is 4.41. The van der Waals surface area contributed by atoms with E-state index in [1.807, 2.05) is 12.3 Å². The Morgan fingerprint density at radius 1 is 1.21 bits per heavy atom. The highest BCUT2D eigenvalue weighted by molar-refractivity contribution is 7.89. The van der Waals surface area contributed by atoms with Crippen molar-refractivity contribution in [1.29, 1.82) is 0 Å². The summed E-state index contributed by atoms with van der Waals surface area (Å²) < 4.78 is 27.4. The van der Waals surface area contributed by atoms with Gasteiger partial charge in [0.2, 0.25) is 10.0 Å². The monoisotopic (exact) mass is 421 g/mol. The van der Waals surface area contributed by atoms with Crippen molar-refractivity contribution in [2.45, 2.75) is 44.6 Å². The van der Waals surface area contributed by atoms with Gasteiger partial charge in [-0.1, -0.05) is 0 Å². The summed E-state index contributed by atoms with van der Waals surface area (Å²) in [5.74, 6) is 1.45. The summed E-state index contributed by atoms with van der Waals surface area (Å²) in [5.41, 5.74) is 0.837. The maximum atomic E-state index is 12.9. The zero-order valence-electron chi connectivity index (χ0n) is 17.0. The van der Waals surface area contributed by atoms with Gasteiger partial charge < -0.3 is 15.0 Å². The van der Waals surface area contributed by atoms with E-state index in [4.69, 9.17) is 0 Å². The van der Waals surface area contributed by atoms with Crippen molar-refractivity contribution in [3.05, 3.63) is 18.6 Å². The molecule has 1 aliphatic carbocycles. The van der Waals surface area contributed by atoms with Gasteiger partial charge in [0.1, 0.15) is 17.8 Å². The number of fused-ring (bicyclic) bond motifs is 1. The largest absolute Gasteiger partial charge is 0.396 e. The van der Waals surface area contributed by atoms with E-state index < -0.39 is 10.0 Å². The molecule has 0 aromatic carbocycles. The summed E-state index contributed by atoms with van der Waals surface area (Å²) in [6, 6.07) is 2.35. The molecule has 9 heteroatoms. The van der Waals surface area contributed by atoms with Crippen LogP contribution in [0.4, 0.5) is 5.82 Å². The number of nitrogens with one attached hydrogen (secondary N) is 1. The number of hydrogen-bond acceptors (Lipinski definition) is 6. The minimum atomic E-state index is -3.25. The zero-order chi connectivity index (χ0) is 20.4. The molecule has 0 radical (unpaired) electrons. The molecule has 2 aromatic rings. The normalized spacial score (nSPS) is 26.6. The number of rotatable bonds is 6. The molecule has 2 aromatic heterocycles. The van der Waals surface area contributed by atoms with Crippen molar-refractivity contribution in [3.8, 4) is 0 Å². The molecule has 8 nitrogen and oxygen atoms in total. The molecule has 1 unspecified atom stereocenters. The van der Waals surface area contributed by atoms with Crippen LogP contribution in [0.5, 0.6) is 0 Å². The molecular formula is C20H31N5O3S. The molecule has 1 saturated carbocycles. The second kappa shape index (κ2) is 8.57. The van der Waals surface area contributed by atoms with Gasteiger partial charge in [0.25, 0.3) is 0 Å². The highest BCUT2D eigenvalue weighted by Crippen LogP contribution is 2.33.